The van der Waals surface area contributed by atoms with Gasteiger partial charge in [-0.15, -0.1) is 0 Å². The Kier molecular flexibility index (Phi) is 6.31. The van der Waals surface area contributed by atoms with Gasteiger partial charge >= 0.3 is 0 Å². The van der Waals surface area contributed by atoms with E-state index in [1.165, 1.54) is 4.90 Å². The molecule has 0 radical (unpaired) electrons. The minimum Gasteiger partial charge on any atom is -0.496 e. The molecule has 0 aromatic heterocycles. The lowest BCUT2D eigenvalue weighted by atomic mass is 10.0. The average molecular weight is 441 g/mol. The Hall–Kier alpha value is -3.86. The van der Waals surface area contributed by atoms with Gasteiger partial charge in [-0.3, -0.25) is 9.59 Å². The number of amides is 2. The number of carbonyl (C=O) groups is 2. The highest BCUT2D eigenvalue weighted by Gasteiger charge is 2.42. The Morgan fingerprint density at radius 1 is 0.848 bits per heavy atom. The lowest BCUT2D eigenvalue weighted by molar-refractivity contribution is -0.120. The number of rotatable bonds is 7. The van der Waals surface area contributed by atoms with Gasteiger partial charge in [0.2, 0.25) is 0 Å². The van der Waals surface area contributed by atoms with Gasteiger partial charge in [-0.2, -0.15) is 0 Å². The second-order valence-electron chi connectivity index (χ2n) is 8.46. The van der Waals surface area contributed by atoms with Crippen molar-refractivity contribution in [2.24, 2.45) is 0 Å². The molecule has 168 valence electrons. The summed E-state index contributed by atoms with van der Waals surface area (Å²) >= 11 is 0. The number of hydrogen-bond donors (Lipinski definition) is 0. The maximum atomic E-state index is 13.7. The van der Waals surface area contributed by atoms with E-state index in [-0.39, 0.29) is 11.8 Å². The lowest BCUT2D eigenvalue weighted by Crippen LogP contribution is -2.34. The third kappa shape index (κ3) is 4.27. The molecule has 0 N–H and O–H groups in total. The van der Waals surface area contributed by atoms with E-state index in [1.807, 2.05) is 84.7 Å². The zero-order valence-electron chi connectivity index (χ0n) is 19.4. The Balaban J connectivity index is 1.81. The van der Waals surface area contributed by atoms with Gasteiger partial charge in [-0.05, 0) is 35.2 Å². The van der Waals surface area contributed by atoms with Crippen LogP contribution in [-0.2, 0) is 16.1 Å². The molecule has 1 aliphatic rings. The van der Waals surface area contributed by atoms with Gasteiger partial charge in [0, 0.05) is 19.2 Å². The number of hydrogen-bond acceptors (Lipinski definition) is 4. The van der Waals surface area contributed by atoms with Gasteiger partial charge in [-0.25, -0.2) is 4.90 Å². The molecule has 0 unspecified atom stereocenters. The molecular formula is C28H28N2O3. The van der Waals surface area contributed by atoms with Crippen LogP contribution in [0.3, 0.4) is 0 Å². The van der Waals surface area contributed by atoms with Crippen LogP contribution in [-0.4, -0.2) is 30.9 Å². The van der Waals surface area contributed by atoms with E-state index in [2.05, 4.69) is 13.8 Å². The van der Waals surface area contributed by atoms with Crippen LogP contribution in [0.25, 0.3) is 5.57 Å². The minimum atomic E-state index is -0.350. The molecule has 4 rings (SSSR count). The van der Waals surface area contributed by atoms with E-state index in [9.17, 15) is 9.59 Å². The first kappa shape index (κ1) is 22.3. The maximum Gasteiger partial charge on any atom is 0.282 e. The van der Waals surface area contributed by atoms with Gasteiger partial charge in [0.1, 0.15) is 11.4 Å². The summed E-state index contributed by atoms with van der Waals surface area (Å²) in [6, 6.07) is 24.8. The van der Waals surface area contributed by atoms with Crippen molar-refractivity contribution >= 4 is 23.1 Å². The predicted octanol–water partition coefficient (Wildman–Crippen LogP) is 5.24. The highest BCUT2D eigenvalue weighted by molar-refractivity contribution is 6.45. The van der Waals surface area contributed by atoms with Crippen molar-refractivity contribution in [3.8, 4) is 5.75 Å². The van der Waals surface area contributed by atoms with E-state index < -0.39 is 0 Å². The van der Waals surface area contributed by atoms with Crippen molar-refractivity contribution in [2.75, 3.05) is 19.1 Å². The summed E-state index contributed by atoms with van der Waals surface area (Å²) in [5.41, 5.74) is 4.08. The van der Waals surface area contributed by atoms with Crippen LogP contribution < -0.4 is 9.64 Å². The van der Waals surface area contributed by atoms with Crippen LogP contribution in [0.1, 0.15) is 36.5 Å². The highest BCUT2D eigenvalue weighted by Crippen LogP contribution is 2.38. The van der Waals surface area contributed by atoms with Gasteiger partial charge in [0.25, 0.3) is 11.8 Å². The molecule has 3 aromatic carbocycles. The fourth-order valence-corrected chi connectivity index (χ4v) is 4.15. The van der Waals surface area contributed by atoms with Crippen molar-refractivity contribution in [1.82, 2.24) is 4.90 Å². The van der Waals surface area contributed by atoms with Crippen LogP contribution in [0.2, 0.25) is 0 Å². The van der Waals surface area contributed by atoms with E-state index in [0.717, 1.165) is 11.1 Å². The van der Waals surface area contributed by atoms with Crippen LogP contribution in [0.4, 0.5) is 5.69 Å². The molecular weight excluding hydrogens is 412 g/mol. The quantitative estimate of drug-likeness (QED) is 0.472. The van der Waals surface area contributed by atoms with Crippen molar-refractivity contribution in [3.05, 3.63) is 101 Å². The Morgan fingerprint density at radius 3 is 2.12 bits per heavy atom. The van der Waals surface area contributed by atoms with Crippen molar-refractivity contribution in [3.63, 3.8) is 0 Å². The summed E-state index contributed by atoms with van der Waals surface area (Å²) in [6.45, 7) is 4.71. The first-order chi connectivity index (χ1) is 15.9. The van der Waals surface area contributed by atoms with Gasteiger partial charge < -0.3 is 9.64 Å². The summed E-state index contributed by atoms with van der Waals surface area (Å²) in [6.07, 6.45) is 0. The molecule has 0 aliphatic carbocycles. The number of nitrogens with zero attached hydrogens (tertiary/aromatic N) is 2. The van der Waals surface area contributed by atoms with Crippen molar-refractivity contribution in [2.45, 2.75) is 26.3 Å². The molecule has 2 amide bonds. The normalized spacial score (nSPS) is 13.8. The summed E-state index contributed by atoms with van der Waals surface area (Å²) < 4.78 is 5.54. The molecule has 0 fully saturated rings. The second kappa shape index (κ2) is 9.33. The Morgan fingerprint density at radius 2 is 1.48 bits per heavy atom. The molecule has 0 spiro atoms. The van der Waals surface area contributed by atoms with Crippen LogP contribution in [0.15, 0.2) is 84.6 Å². The van der Waals surface area contributed by atoms with Crippen LogP contribution in [0.5, 0.6) is 5.75 Å². The van der Waals surface area contributed by atoms with E-state index in [1.54, 1.807) is 13.2 Å². The molecule has 1 aliphatic heterocycles. The predicted molar refractivity (Wildman–Crippen MR) is 131 cm³/mol. The fraction of sp³-hybridized carbons (Fsp3) is 0.214. The first-order valence-electron chi connectivity index (χ1n) is 11.0. The van der Waals surface area contributed by atoms with E-state index >= 15 is 0 Å². The molecule has 1 heterocycles. The van der Waals surface area contributed by atoms with Crippen molar-refractivity contribution < 1.29 is 14.3 Å². The zero-order valence-corrected chi connectivity index (χ0v) is 19.4. The molecule has 3 aromatic rings. The van der Waals surface area contributed by atoms with Crippen LogP contribution in [0, 0.1) is 0 Å². The Labute approximate surface area is 194 Å². The number of benzene rings is 3. The molecule has 33 heavy (non-hydrogen) atoms. The number of methoxy groups -OCH3 is 1. The SMILES string of the molecule is COc1ccccc1C1=C(N(C)Cc2ccccc2)C(=O)N(c2ccc(C(C)C)cc2)C1=O. The number of ether oxygens (including phenoxy) is 1. The summed E-state index contributed by atoms with van der Waals surface area (Å²) in [4.78, 5) is 30.6. The van der Waals surface area contributed by atoms with Crippen molar-refractivity contribution in [1.29, 1.82) is 0 Å². The lowest BCUT2D eigenvalue weighted by Gasteiger charge is -2.22. The average Bonchev–Trinajstić information content (AvgIpc) is 3.09. The largest absolute Gasteiger partial charge is 0.496 e. The smallest absolute Gasteiger partial charge is 0.282 e. The summed E-state index contributed by atoms with van der Waals surface area (Å²) in [5, 5.41) is 0. The third-order valence-electron chi connectivity index (χ3n) is 5.90. The molecule has 5 heteroatoms. The summed E-state index contributed by atoms with van der Waals surface area (Å²) in [5.74, 6) is 0.225. The molecule has 5 nitrogen and oxygen atoms in total. The standard InChI is InChI=1S/C28H28N2O3/c1-19(2)21-14-16-22(17-15-21)30-27(31)25(23-12-8-9-13-24(23)33-4)26(28(30)32)29(3)18-20-10-6-5-7-11-20/h5-17,19H,18H2,1-4H3. The van der Waals surface area contributed by atoms with Gasteiger partial charge in [-0.1, -0.05) is 74.5 Å². The zero-order chi connectivity index (χ0) is 23.5. The Bertz CT molecular complexity index is 1200. The topological polar surface area (TPSA) is 49.9 Å². The number of para-hydroxylation sites is 1. The molecule has 0 saturated heterocycles. The highest BCUT2D eigenvalue weighted by atomic mass is 16.5. The minimum absolute atomic E-state index is 0.336. The molecule has 0 saturated carbocycles. The van der Waals surface area contributed by atoms with E-state index in [0.29, 0.717) is 40.7 Å². The van der Waals surface area contributed by atoms with Gasteiger partial charge in [0.15, 0.2) is 0 Å². The number of imide groups is 1. The summed E-state index contributed by atoms with van der Waals surface area (Å²) in [7, 11) is 3.41. The first-order valence-corrected chi connectivity index (χ1v) is 11.0. The third-order valence-corrected chi connectivity index (χ3v) is 5.90. The van der Waals surface area contributed by atoms with Gasteiger partial charge in [0.05, 0.1) is 18.4 Å². The monoisotopic (exact) mass is 440 g/mol. The second-order valence-corrected chi connectivity index (χ2v) is 8.46. The molecule has 0 bridgehead atoms. The fourth-order valence-electron chi connectivity index (χ4n) is 4.15. The number of likely N-dealkylation sites (N-methyl/N-ethyl adjacent to an activating group) is 1. The molecule has 0 atom stereocenters. The van der Waals surface area contributed by atoms with Crippen LogP contribution >= 0.6 is 0 Å². The number of anilines is 1. The van der Waals surface area contributed by atoms with E-state index in [4.69, 9.17) is 4.74 Å². The maximum absolute atomic E-state index is 13.7. The number of carbonyl (C=O) groups excluding carboxylic acids is 2.